The largest absolute Gasteiger partial charge is 0.477 e. The van der Waals surface area contributed by atoms with Crippen molar-refractivity contribution in [2.45, 2.75) is 51.4 Å². The molecule has 2 aromatic heterocycles. The Hall–Kier alpha value is -4.95. The van der Waals surface area contributed by atoms with Crippen molar-refractivity contribution in [3.8, 4) is 11.8 Å². The Morgan fingerprint density at radius 1 is 0.479 bits per heavy atom. The highest BCUT2D eigenvalue weighted by Gasteiger charge is 2.06. The van der Waals surface area contributed by atoms with Gasteiger partial charge in [0.1, 0.15) is 12.7 Å². The molecule has 0 aliphatic rings. The third-order valence-corrected chi connectivity index (χ3v) is 8.04. The van der Waals surface area contributed by atoms with Gasteiger partial charge in [-0.15, -0.1) is 0 Å². The van der Waals surface area contributed by atoms with E-state index >= 15 is 0 Å². The van der Waals surface area contributed by atoms with Gasteiger partial charge in [-0.1, -0.05) is 72.8 Å². The number of alkyl halides is 1. The molecule has 0 saturated heterocycles. The van der Waals surface area contributed by atoms with E-state index in [0.717, 1.165) is 66.8 Å². The Balaban J connectivity index is 0.000000188. The van der Waals surface area contributed by atoms with Gasteiger partial charge in [-0.2, -0.15) is 0 Å². The number of ether oxygens (including phenoxy) is 2. The predicted octanol–water partition coefficient (Wildman–Crippen LogP) is 8.11. The summed E-state index contributed by atoms with van der Waals surface area (Å²) in [5, 5.41) is 10.7. The molecule has 0 saturated carbocycles. The Labute approximate surface area is 281 Å². The van der Waals surface area contributed by atoms with Crippen molar-refractivity contribution in [1.82, 2.24) is 19.9 Å². The molecule has 7 nitrogen and oxygen atoms in total. The van der Waals surface area contributed by atoms with E-state index in [4.69, 9.17) is 14.6 Å². The minimum atomic E-state index is -0.229. The maximum absolute atomic E-state index is 12.1. The molecule has 0 fully saturated rings. The third-order valence-electron chi connectivity index (χ3n) is 8.04. The van der Waals surface area contributed by atoms with Crippen molar-refractivity contribution in [1.29, 1.82) is 0 Å². The van der Waals surface area contributed by atoms with E-state index in [1.165, 1.54) is 28.6 Å². The normalized spacial score (nSPS) is 10.9. The Morgan fingerprint density at radius 2 is 0.896 bits per heavy atom. The minimum Gasteiger partial charge on any atom is -0.477 e. The second kappa shape index (κ2) is 19.0. The van der Waals surface area contributed by atoms with Gasteiger partial charge >= 0.3 is 0 Å². The van der Waals surface area contributed by atoms with Crippen LogP contribution in [0.4, 0.5) is 4.39 Å². The fourth-order valence-corrected chi connectivity index (χ4v) is 5.33. The molecule has 1 N–H and O–H groups in total. The molecule has 6 rings (SSSR count). The quantitative estimate of drug-likeness (QED) is 0.106. The fourth-order valence-electron chi connectivity index (χ4n) is 5.33. The zero-order chi connectivity index (χ0) is 33.2. The third kappa shape index (κ3) is 10.5. The van der Waals surface area contributed by atoms with E-state index in [1.54, 1.807) is 6.33 Å². The van der Waals surface area contributed by atoms with Gasteiger partial charge in [0, 0.05) is 19.4 Å². The molecule has 48 heavy (non-hydrogen) atoms. The summed E-state index contributed by atoms with van der Waals surface area (Å²) in [6.45, 7) is 1.20. The van der Waals surface area contributed by atoms with Gasteiger partial charge in [-0.25, -0.2) is 19.9 Å². The van der Waals surface area contributed by atoms with Crippen LogP contribution >= 0.6 is 0 Å². The minimum absolute atomic E-state index is 0.229. The molecular formula is C40H43FN4O3. The van der Waals surface area contributed by atoms with Crippen molar-refractivity contribution in [3.63, 3.8) is 0 Å². The maximum atomic E-state index is 12.1. The number of fused-ring (bicyclic) bond motifs is 2. The molecule has 4 aromatic carbocycles. The first-order valence-electron chi connectivity index (χ1n) is 16.7. The van der Waals surface area contributed by atoms with Gasteiger partial charge < -0.3 is 14.6 Å². The van der Waals surface area contributed by atoms with Crippen LogP contribution in [-0.2, 0) is 25.7 Å². The number of aryl methyl sites for hydroxylation is 2. The van der Waals surface area contributed by atoms with Crippen LogP contribution in [0.1, 0.15) is 47.9 Å². The molecule has 0 radical (unpaired) electrons. The molecular weight excluding hydrogens is 603 g/mol. The Morgan fingerprint density at radius 3 is 1.33 bits per heavy atom. The molecule has 0 aliphatic carbocycles. The van der Waals surface area contributed by atoms with Crippen molar-refractivity contribution in [2.24, 2.45) is 0 Å². The molecule has 248 valence electrons. The predicted molar refractivity (Wildman–Crippen MR) is 189 cm³/mol. The van der Waals surface area contributed by atoms with Gasteiger partial charge in [0.2, 0.25) is 11.8 Å². The standard InChI is InChI=1S/C20H21FN2O.C20H22N2O2/c21-13-4-3-5-16-8-10-17(11-9-16)12-14-24-20-18-6-1-2-7-19(18)22-15-23-20;23-13-4-3-5-16-8-10-17(11-9-16)12-14-24-20-18-6-1-2-7-19(18)21-15-22-20/h1-2,6-11,15H,3-5,12-14H2;1-2,6-11,15,23H,3-5,12-14H2. The number of para-hydroxylation sites is 2. The summed E-state index contributed by atoms with van der Waals surface area (Å²) in [6.07, 6.45) is 10.1. The Kier molecular flexibility index (Phi) is 13.6. The van der Waals surface area contributed by atoms with Gasteiger partial charge in [0.15, 0.2) is 0 Å². The van der Waals surface area contributed by atoms with E-state index in [-0.39, 0.29) is 13.3 Å². The van der Waals surface area contributed by atoms with Gasteiger partial charge in [0.25, 0.3) is 0 Å². The smallest absolute Gasteiger partial charge is 0.224 e. The molecule has 0 unspecified atom stereocenters. The zero-order valence-corrected chi connectivity index (χ0v) is 27.3. The fraction of sp³-hybridized carbons (Fsp3) is 0.300. The number of benzene rings is 4. The van der Waals surface area contributed by atoms with E-state index in [1.807, 2.05) is 48.5 Å². The number of halogens is 1. The highest BCUT2D eigenvalue weighted by molar-refractivity contribution is 5.83. The summed E-state index contributed by atoms with van der Waals surface area (Å²) in [5.74, 6) is 1.27. The van der Waals surface area contributed by atoms with Gasteiger partial charge in [-0.05, 0) is 85.0 Å². The molecule has 0 aliphatic heterocycles. The van der Waals surface area contributed by atoms with Gasteiger partial charge in [0.05, 0.1) is 41.7 Å². The number of aromatic nitrogens is 4. The van der Waals surface area contributed by atoms with Crippen molar-refractivity contribution in [2.75, 3.05) is 26.5 Å². The highest BCUT2D eigenvalue weighted by Crippen LogP contribution is 2.22. The van der Waals surface area contributed by atoms with E-state index in [2.05, 4.69) is 68.5 Å². The second-order valence-electron chi connectivity index (χ2n) is 11.5. The number of hydrogen-bond acceptors (Lipinski definition) is 7. The first kappa shape index (κ1) is 34.4. The van der Waals surface area contributed by atoms with Crippen LogP contribution in [0.2, 0.25) is 0 Å². The first-order valence-corrected chi connectivity index (χ1v) is 16.7. The number of hydrogen-bond donors (Lipinski definition) is 1. The summed E-state index contributed by atoms with van der Waals surface area (Å²) in [5.41, 5.74) is 6.83. The lowest BCUT2D eigenvalue weighted by Crippen LogP contribution is -2.03. The maximum Gasteiger partial charge on any atom is 0.224 e. The van der Waals surface area contributed by atoms with E-state index in [0.29, 0.717) is 31.4 Å². The molecule has 0 amide bonds. The monoisotopic (exact) mass is 646 g/mol. The summed E-state index contributed by atoms with van der Waals surface area (Å²) in [7, 11) is 0. The summed E-state index contributed by atoms with van der Waals surface area (Å²) in [4.78, 5) is 16.9. The topological polar surface area (TPSA) is 90.3 Å². The van der Waals surface area contributed by atoms with Crippen LogP contribution in [-0.4, -0.2) is 51.5 Å². The van der Waals surface area contributed by atoms with E-state index < -0.39 is 0 Å². The lowest BCUT2D eigenvalue weighted by atomic mass is 10.1. The highest BCUT2D eigenvalue weighted by atomic mass is 19.1. The number of rotatable bonds is 16. The average molecular weight is 647 g/mol. The average Bonchev–Trinajstić information content (AvgIpc) is 3.14. The van der Waals surface area contributed by atoms with Crippen LogP contribution in [0.3, 0.4) is 0 Å². The summed E-state index contributed by atoms with van der Waals surface area (Å²) in [6, 6.07) is 32.8. The summed E-state index contributed by atoms with van der Waals surface area (Å²) < 4.78 is 23.8. The van der Waals surface area contributed by atoms with E-state index in [9.17, 15) is 4.39 Å². The molecule has 8 heteroatoms. The van der Waals surface area contributed by atoms with Crippen LogP contribution in [0.15, 0.2) is 110 Å². The lowest BCUT2D eigenvalue weighted by Gasteiger charge is -2.08. The van der Waals surface area contributed by atoms with Crippen molar-refractivity contribution >= 4 is 21.8 Å². The summed E-state index contributed by atoms with van der Waals surface area (Å²) >= 11 is 0. The van der Waals surface area contributed by atoms with Crippen LogP contribution in [0.25, 0.3) is 21.8 Å². The molecule has 0 bridgehead atoms. The van der Waals surface area contributed by atoms with Crippen molar-refractivity contribution in [3.05, 3.63) is 132 Å². The van der Waals surface area contributed by atoms with Gasteiger partial charge in [-0.3, -0.25) is 4.39 Å². The second-order valence-corrected chi connectivity index (χ2v) is 11.5. The lowest BCUT2D eigenvalue weighted by molar-refractivity contribution is 0.284. The number of aliphatic hydroxyl groups excluding tert-OH is 1. The first-order chi connectivity index (χ1) is 23.7. The van der Waals surface area contributed by atoms with Crippen LogP contribution in [0.5, 0.6) is 11.8 Å². The molecule has 2 heterocycles. The number of aliphatic hydroxyl groups is 1. The SMILES string of the molecule is FCCCCc1ccc(CCOc2ncnc3ccccc23)cc1.OCCCCc1ccc(CCOc2ncnc3ccccc23)cc1. The van der Waals surface area contributed by atoms with Crippen LogP contribution in [0, 0.1) is 0 Å². The van der Waals surface area contributed by atoms with Crippen molar-refractivity contribution < 1.29 is 19.0 Å². The molecule has 6 aromatic rings. The number of nitrogens with zero attached hydrogens (tertiary/aromatic N) is 4. The zero-order valence-electron chi connectivity index (χ0n) is 27.3. The number of unbranched alkanes of at least 4 members (excludes halogenated alkanes) is 2. The molecule has 0 spiro atoms. The Bertz CT molecular complexity index is 1670. The van der Waals surface area contributed by atoms with Crippen LogP contribution < -0.4 is 9.47 Å². The molecule has 0 atom stereocenters.